The summed E-state index contributed by atoms with van der Waals surface area (Å²) in [4.78, 5) is 11.1. The number of carbonyl (C=O) groups is 1. The lowest BCUT2D eigenvalue weighted by Crippen LogP contribution is -2.42. The monoisotopic (exact) mass is 314 g/mol. The van der Waals surface area contributed by atoms with Crippen molar-refractivity contribution in [1.82, 2.24) is 4.31 Å². The summed E-state index contributed by atoms with van der Waals surface area (Å²) >= 11 is 0. The minimum absolute atomic E-state index is 0.0439. The molecule has 3 N–H and O–H groups in total. The number of aliphatic hydroxyl groups is 1. The molecule has 21 heavy (non-hydrogen) atoms. The predicted molar refractivity (Wildman–Crippen MR) is 79.9 cm³/mol. The molecular weight excluding hydrogens is 292 g/mol. The molecule has 0 aromatic heterocycles. The van der Waals surface area contributed by atoms with Crippen molar-refractivity contribution in [3.05, 3.63) is 29.8 Å². The van der Waals surface area contributed by atoms with Gasteiger partial charge >= 0.3 is 0 Å². The van der Waals surface area contributed by atoms with E-state index in [1.807, 2.05) is 0 Å². The Morgan fingerprint density at radius 2 is 2.00 bits per heavy atom. The minimum Gasteiger partial charge on any atom is -0.388 e. The van der Waals surface area contributed by atoms with E-state index in [0.29, 0.717) is 12.0 Å². The van der Waals surface area contributed by atoms with Crippen LogP contribution in [0.15, 0.2) is 29.2 Å². The number of nitrogens with zero attached hydrogens (tertiary/aromatic N) is 1. The second-order valence-electron chi connectivity index (χ2n) is 5.11. The zero-order chi connectivity index (χ0) is 16.2. The van der Waals surface area contributed by atoms with E-state index in [1.54, 1.807) is 32.9 Å². The maximum atomic E-state index is 12.6. The van der Waals surface area contributed by atoms with Crippen LogP contribution in [0.5, 0.6) is 0 Å². The number of hydrogen-bond donors (Lipinski definition) is 2. The Bertz CT molecular complexity index is 599. The molecular formula is C14H22N2O4S. The van der Waals surface area contributed by atoms with Crippen molar-refractivity contribution in [2.75, 3.05) is 6.54 Å². The number of rotatable bonds is 7. The SMILES string of the molecule is CCC(O)c1cccc(S(=O)(=O)N(CC(N)=O)C(C)C)c1. The fourth-order valence-electron chi connectivity index (χ4n) is 1.95. The molecule has 0 aliphatic carbocycles. The third kappa shape index (κ3) is 4.26. The van der Waals surface area contributed by atoms with Gasteiger partial charge in [-0.15, -0.1) is 0 Å². The highest BCUT2D eigenvalue weighted by atomic mass is 32.2. The lowest BCUT2D eigenvalue weighted by atomic mass is 10.1. The molecule has 0 radical (unpaired) electrons. The van der Waals surface area contributed by atoms with E-state index in [9.17, 15) is 18.3 Å². The number of benzene rings is 1. The van der Waals surface area contributed by atoms with Crippen LogP contribution in [0.2, 0.25) is 0 Å². The topological polar surface area (TPSA) is 101 Å². The van der Waals surface area contributed by atoms with Gasteiger partial charge in [-0.2, -0.15) is 4.31 Å². The molecule has 6 nitrogen and oxygen atoms in total. The van der Waals surface area contributed by atoms with Gasteiger partial charge in [0.05, 0.1) is 17.5 Å². The standard InChI is InChI=1S/C14H22N2O4S/c1-4-13(17)11-6-5-7-12(8-11)21(19,20)16(10(2)3)9-14(15)18/h5-8,10,13,17H,4,9H2,1-3H3,(H2,15,18). The van der Waals surface area contributed by atoms with Gasteiger partial charge in [-0.3, -0.25) is 4.79 Å². The van der Waals surface area contributed by atoms with Crippen LogP contribution in [0.4, 0.5) is 0 Å². The van der Waals surface area contributed by atoms with Crippen LogP contribution in [-0.4, -0.2) is 36.3 Å². The molecule has 1 amide bonds. The van der Waals surface area contributed by atoms with E-state index in [2.05, 4.69) is 0 Å². The summed E-state index contributed by atoms with van der Waals surface area (Å²) in [5.41, 5.74) is 5.65. The van der Waals surface area contributed by atoms with Gasteiger partial charge in [-0.25, -0.2) is 8.42 Å². The molecule has 0 bridgehead atoms. The maximum Gasteiger partial charge on any atom is 0.243 e. The summed E-state index contributed by atoms with van der Waals surface area (Å²) in [5, 5.41) is 9.83. The van der Waals surface area contributed by atoms with E-state index in [0.717, 1.165) is 4.31 Å². The zero-order valence-electron chi connectivity index (χ0n) is 12.5. The molecule has 1 rings (SSSR count). The van der Waals surface area contributed by atoms with Crippen LogP contribution < -0.4 is 5.73 Å². The maximum absolute atomic E-state index is 12.6. The number of aliphatic hydroxyl groups excluding tert-OH is 1. The first-order valence-electron chi connectivity index (χ1n) is 6.78. The summed E-state index contributed by atoms with van der Waals surface area (Å²) in [6, 6.07) is 5.71. The molecule has 1 aromatic rings. The molecule has 0 saturated carbocycles. The van der Waals surface area contributed by atoms with Crippen molar-refractivity contribution in [3.8, 4) is 0 Å². The van der Waals surface area contributed by atoms with Crippen LogP contribution in [0.1, 0.15) is 38.9 Å². The fourth-order valence-corrected chi connectivity index (χ4v) is 3.61. The van der Waals surface area contributed by atoms with Crippen molar-refractivity contribution in [2.45, 2.75) is 44.2 Å². The minimum atomic E-state index is -3.84. The molecule has 118 valence electrons. The van der Waals surface area contributed by atoms with Gasteiger partial charge in [0.1, 0.15) is 0 Å². The Morgan fingerprint density at radius 1 is 1.38 bits per heavy atom. The Kier molecular flexibility index (Phi) is 5.88. The van der Waals surface area contributed by atoms with E-state index < -0.39 is 28.1 Å². The van der Waals surface area contributed by atoms with Gasteiger partial charge in [0.15, 0.2) is 0 Å². The summed E-state index contributed by atoms with van der Waals surface area (Å²) < 4.78 is 26.3. The van der Waals surface area contributed by atoms with Crippen LogP contribution >= 0.6 is 0 Å². The first-order chi connectivity index (χ1) is 9.70. The number of carbonyl (C=O) groups excluding carboxylic acids is 1. The normalized spacial score (nSPS) is 13.6. The van der Waals surface area contributed by atoms with Gasteiger partial charge < -0.3 is 10.8 Å². The van der Waals surface area contributed by atoms with Crippen molar-refractivity contribution in [2.24, 2.45) is 5.73 Å². The molecule has 1 aromatic carbocycles. The highest BCUT2D eigenvalue weighted by Crippen LogP contribution is 2.23. The second-order valence-corrected chi connectivity index (χ2v) is 7.00. The largest absolute Gasteiger partial charge is 0.388 e. The predicted octanol–water partition coefficient (Wildman–Crippen LogP) is 1.01. The summed E-state index contributed by atoms with van der Waals surface area (Å²) in [6.07, 6.45) is -0.234. The number of nitrogens with two attached hydrogens (primary N) is 1. The molecule has 0 aliphatic rings. The fraction of sp³-hybridized carbons (Fsp3) is 0.500. The Balaban J connectivity index is 3.25. The quantitative estimate of drug-likeness (QED) is 0.784. The lowest BCUT2D eigenvalue weighted by Gasteiger charge is -2.25. The number of primary amides is 1. The highest BCUT2D eigenvalue weighted by Gasteiger charge is 2.28. The number of amides is 1. The lowest BCUT2D eigenvalue weighted by molar-refractivity contribution is -0.118. The molecule has 0 fully saturated rings. The van der Waals surface area contributed by atoms with Crippen LogP contribution in [-0.2, 0) is 14.8 Å². The van der Waals surface area contributed by atoms with Crippen LogP contribution in [0.25, 0.3) is 0 Å². The van der Waals surface area contributed by atoms with Crippen molar-refractivity contribution in [1.29, 1.82) is 0 Å². The van der Waals surface area contributed by atoms with Gasteiger partial charge in [0.25, 0.3) is 0 Å². The number of sulfonamides is 1. The average Bonchev–Trinajstić information content (AvgIpc) is 2.43. The number of hydrogen-bond acceptors (Lipinski definition) is 4. The van der Waals surface area contributed by atoms with Gasteiger partial charge in [0, 0.05) is 6.04 Å². The highest BCUT2D eigenvalue weighted by molar-refractivity contribution is 7.89. The van der Waals surface area contributed by atoms with E-state index >= 15 is 0 Å². The van der Waals surface area contributed by atoms with E-state index in [1.165, 1.54) is 12.1 Å². The van der Waals surface area contributed by atoms with E-state index in [-0.39, 0.29) is 11.4 Å². The molecule has 0 spiro atoms. The van der Waals surface area contributed by atoms with E-state index in [4.69, 9.17) is 5.73 Å². The first kappa shape index (κ1) is 17.6. The van der Waals surface area contributed by atoms with Crippen molar-refractivity contribution < 1.29 is 18.3 Å². The van der Waals surface area contributed by atoms with Gasteiger partial charge in [0.2, 0.25) is 15.9 Å². The third-order valence-corrected chi connectivity index (χ3v) is 5.14. The Labute approximate surface area is 125 Å². The van der Waals surface area contributed by atoms with Crippen molar-refractivity contribution >= 4 is 15.9 Å². The Morgan fingerprint density at radius 3 is 2.48 bits per heavy atom. The third-order valence-electron chi connectivity index (χ3n) is 3.12. The summed E-state index contributed by atoms with van der Waals surface area (Å²) in [6.45, 7) is 4.77. The molecule has 0 saturated heterocycles. The molecule has 0 heterocycles. The van der Waals surface area contributed by atoms with Gasteiger partial charge in [-0.1, -0.05) is 19.1 Å². The first-order valence-corrected chi connectivity index (χ1v) is 8.22. The molecule has 1 atom stereocenters. The molecule has 0 aliphatic heterocycles. The van der Waals surface area contributed by atoms with Crippen LogP contribution in [0, 0.1) is 0 Å². The Hall–Kier alpha value is -1.44. The summed E-state index contributed by atoms with van der Waals surface area (Å²) in [5.74, 6) is -0.711. The van der Waals surface area contributed by atoms with Gasteiger partial charge in [-0.05, 0) is 38.0 Å². The zero-order valence-corrected chi connectivity index (χ0v) is 13.3. The van der Waals surface area contributed by atoms with Crippen molar-refractivity contribution in [3.63, 3.8) is 0 Å². The van der Waals surface area contributed by atoms with Crippen LogP contribution in [0.3, 0.4) is 0 Å². The smallest absolute Gasteiger partial charge is 0.243 e. The second kappa shape index (κ2) is 7.02. The molecule has 7 heteroatoms. The average molecular weight is 314 g/mol. The molecule has 1 unspecified atom stereocenters. The summed E-state index contributed by atoms with van der Waals surface area (Å²) in [7, 11) is -3.84.